The molecule has 0 aromatic heterocycles. The predicted octanol–water partition coefficient (Wildman–Crippen LogP) is 3.13. The number of hydrogen-bond acceptors (Lipinski definition) is 3. The van der Waals surface area contributed by atoms with E-state index in [1.165, 1.54) is 38.0 Å². The number of likely N-dealkylation sites (N-methyl/N-ethyl adjacent to an activating group) is 1. The lowest BCUT2D eigenvalue weighted by atomic mass is 10.0. The highest BCUT2D eigenvalue weighted by Gasteiger charge is 2.24. The molecular formula is C17H28BrN3. The molecule has 1 aromatic rings. The summed E-state index contributed by atoms with van der Waals surface area (Å²) in [7, 11) is 4.38. The zero-order valence-electron chi connectivity index (χ0n) is 13.5. The van der Waals surface area contributed by atoms with Gasteiger partial charge in [-0.3, -0.25) is 0 Å². The van der Waals surface area contributed by atoms with Crippen molar-refractivity contribution >= 4 is 15.9 Å². The van der Waals surface area contributed by atoms with Crippen molar-refractivity contribution < 1.29 is 0 Å². The van der Waals surface area contributed by atoms with Crippen LogP contribution >= 0.6 is 15.9 Å². The van der Waals surface area contributed by atoms with Crippen molar-refractivity contribution in [1.29, 1.82) is 0 Å². The normalized spacial score (nSPS) is 21.1. The molecule has 1 aliphatic rings. The van der Waals surface area contributed by atoms with Gasteiger partial charge in [-0.25, -0.2) is 0 Å². The average molecular weight is 354 g/mol. The number of benzene rings is 1. The molecule has 1 aliphatic heterocycles. The molecule has 0 spiro atoms. The molecule has 2 unspecified atom stereocenters. The Morgan fingerprint density at radius 2 is 2.05 bits per heavy atom. The van der Waals surface area contributed by atoms with E-state index in [1.807, 2.05) is 0 Å². The lowest BCUT2D eigenvalue weighted by Crippen LogP contribution is -2.33. The van der Waals surface area contributed by atoms with Gasteiger partial charge in [-0.15, -0.1) is 0 Å². The maximum atomic E-state index is 3.62. The summed E-state index contributed by atoms with van der Waals surface area (Å²) in [6.07, 6.45) is 2.48. The Morgan fingerprint density at radius 3 is 2.62 bits per heavy atom. The van der Waals surface area contributed by atoms with Gasteiger partial charge in [0.05, 0.1) is 0 Å². The van der Waals surface area contributed by atoms with E-state index < -0.39 is 0 Å². The van der Waals surface area contributed by atoms with E-state index in [9.17, 15) is 0 Å². The van der Waals surface area contributed by atoms with E-state index in [4.69, 9.17) is 0 Å². The molecule has 4 heteroatoms. The minimum absolute atomic E-state index is 0.460. The second-order valence-corrected chi connectivity index (χ2v) is 7.07. The molecule has 0 amide bonds. The Bertz CT molecular complexity index is 419. The summed E-state index contributed by atoms with van der Waals surface area (Å²) in [6, 6.07) is 9.92. The number of hydrogen-bond donors (Lipinski definition) is 1. The summed E-state index contributed by atoms with van der Waals surface area (Å²) < 4.78 is 1.15. The number of nitrogens with zero attached hydrogens (tertiary/aromatic N) is 2. The molecule has 21 heavy (non-hydrogen) atoms. The highest BCUT2D eigenvalue weighted by Crippen LogP contribution is 2.21. The van der Waals surface area contributed by atoms with E-state index in [-0.39, 0.29) is 0 Å². The van der Waals surface area contributed by atoms with Crippen LogP contribution in [-0.4, -0.2) is 56.1 Å². The molecule has 0 aliphatic carbocycles. The predicted molar refractivity (Wildman–Crippen MR) is 93.7 cm³/mol. The largest absolute Gasteiger partial charge is 0.310 e. The Hall–Kier alpha value is -0.420. The summed E-state index contributed by atoms with van der Waals surface area (Å²) in [4.78, 5) is 4.96. The minimum atomic E-state index is 0.460. The summed E-state index contributed by atoms with van der Waals surface area (Å²) in [5.41, 5.74) is 1.39. The molecule has 3 nitrogen and oxygen atoms in total. The third-order valence-corrected chi connectivity index (χ3v) is 4.96. The minimum Gasteiger partial charge on any atom is -0.310 e. The van der Waals surface area contributed by atoms with Crippen LogP contribution in [0.2, 0.25) is 0 Å². The maximum absolute atomic E-state index is 3.62. The second-order valence-electron chi connectivity index (χ2n) is 6.16. The summed E-state index contributed by atoms with van der Waals surface area (Å²) in [5, 5.41) is 3.62. The molecule has 1 saturated heterocycles. The van der Waals surface area contributed by atoms with E-state index in [0.717, 1.165) is 17.1 Å². The van der Waals surface area contributed by atoms with Crippen LogP contribution in [0.5, 0.6) is 0 Å². The van der Waals surface area contributed by atoms with Crippen LogP contribution < -0.4 is 5.32 Å². The van der Waals surface area contributed by atoms with Crippen molar-refractivity contribution in [3.8, 4) is 0 Å². The fourth-order valence-corrected chi connectivity index (χ4v) is 3.34. The number of rotatable bonds is 7. The molecule has 0 saturated carbocycles. The molecule has 1 heterocycles. The van der Waals surface area contributed by atoms with Gasteiger partial charge in [0.25, 0.3) is 0 Å². The van der Waals surface area contributed by atoms with Gasteiger partial charge in [-0.1, -0.05) is 35.0 Å². The van der Waals surface area contributed by atoms with Crippen LogP contribution in [0, 0.1) is 0 Å². The van der Waals surface area contributed by atoms with Gasteiger partial charge in [0.1, 0.15) is 0 Å². The van der Waals surface area contributed by atoms with E-state index >= 15 is 0 Å². The smallest absolute Gasteiger partial charge is 0.0332 e. The number of likely N-dealkylation sites (tertiary alicyclic amines) is 1. The average Bonchev–Trinajstić information content (AvgIpc) is 2.93. The zero-order valence-corrected chi connectivity index (χ0v) is 15.1. The van der Waals surface area contributed by atoms with Crippen molar-refractivity contribution in [2.45, 2.75) is 31.8 Å². The highest BCUT2D eigenvalue weighted by atomic mass is 79.9. The van der Waals surface area contributed by atoms with E-state index in [1.54, 1.807) is 0 Å². The first-order chi connectivity index (χ1) is 10.1. The van der Waals surface area contributed by atoms with Crippen molar-refractivity contribution in [3.63, 3.8) is 0 Å². The van der Waals surface area contributed by atoms with Crippen LogP contribution in [-0.2, 0) is 0 Å². The topological polar surface area (TPSA) is 18.5 Å². The second kappa shape index (κ2) is 8.28. The van der Waals surface area contributed by atoms with Gasteiger partial charge in [-0.2, -0.15) is 0 Å². The summed E-state index contributed by atoms with van der Waals surface area (Å²) in [5.74, 6) is 0. The Labute approximate surface area is 137 Å². The highest BCUT2D eigenvalue weighted by molar-refractivity contribution is 9.10. The first-order valence-corrected chi connectivity index (χ1v) is 8.77. The quantitative estimate of drug-likeness (QED) is 0.812. The standard InChI is InChI=1S/C17H28BrN3/c1-4-19-17(14-5-7-15(18)8-6-14)10-12-21-11-9-16(13-21)20(2)3/h5-8,16-17,19H,4,9-13H2,1-3H3. The van der Waals surface area contributed by atoms with Crippen LogP contribution in [0.4, 0.5) is 0 Å². The third-order valence-electron chi connectivity index (χ3n) is 4.43. The number of halogens is 1. The fourth-order valence-electron chi connectivity index (χ4n) is 3.08. The van der Waals surface area contributed by atoms with Crippen molar-refractivity contribution in [1.82, 2.24) is 15.1 Å². The van der Waals surface area contributed by atoms with Gasteiger partial charge in [0.2, 0.25) is 0 Å². The van der Waals surface area contributed by atoms with Crippen molar-refractivity contribution in [3.05, 3.63) is 34.3 Å². The molecule has 0 radical (unpaired) electrons. The van der Waals surface area contributed by atoms with Gasteiger partial charge >= 0.3 is 0 Å². The number of nitrogens with one attached hydrogen (secondary N) is 1. The van der Waals surface area contributed by atoms with E-state index in [2.05, 4.69) is 76.3 Å². The Balaban J connectivity index is 1.87. The molecule has 2 atom stereocenters. The molecule has 1 aromatic carbocycles. The van der Waals surface area contributed by atoms with Crippen LogP contribution in [0.3, 0.4) is 0 Å². The first-order valence-electron chi connectivity index (χ1n) is 7.97. The Kier molecular flexibility index (Phi) is 6.68. The molecule has 0 bridgehead atoms. The van der Waals surface area contributed by atoms with Gasteiger partial charge in [-0.05, 0) is 57.7 Å². The molecule has 1 N–H and O–H groups in total. The summed E-state index contributed by atoms with van der Waals surface area (Å²) in [6.45, 7) is 6.83. The zero-order chi connectivity index (χ0) is 15.2. The molecule has 2 rings (SSSR count). The van der Waals surface area contributed by atoms with Gasteiger partial charge in [0, 0.05) is 29.6 Å². The first kappa shape index (κ1) is 16.9. The van der Waals surface area contributed by atoms with E-state index in [0.29, 0.717) is 6.04 Å². The fraction of sp³-hybridized carbons (Fsp3) is 0.647. The molecule has 1 fully saturated rings. The van der Waals surface area contributed by atoms with Crippen LogP contribution in [0.25, 0.3) is 0 Å². The van der Waals surface area contributed by atoms with Crippen LogP contribution in [0.15, 0.2) is 28.7 Å². The SMILES string of the molecule is CCNC(CCN1CCC(N(C)C)C1)c1ccc(Br)cc1. The monoisotopic (exact) mass is 353 g/mol. The van der Waals surface area contributed by atoms with Gasteiger partial charge in [0.15, 0.2) is 0 Å². The van der Waals surface area contributed by atoms with Crippen molar-refractivity contribution in [2.75, 3.05) is 40.3 Å². The molecule has 118 valence electrons. The van der Waals surface area contributed by atoms with Gasteiger partial charge < -0.3 is 15.1 Å². The van der Waals surface area contributed by atoms with Crippen LogP contribution in [0.1, 0.15) is 31.4 Å². The molecular weight excluding hydrogens is 326 g/mol. The third kappa shape index (κ3) is 5.06. The lowest BCUT2D eigenvalue weighted by Gasteiger charge is -2.23. The lowest BCUT2D eigenvalue weighted by molar-refractivity contribution is 0.260. The Morgan fingerprint density at radius 1 is 1.33 bits per heavy atom. The van der Waals surface area contributed by atoms with Crippen molar-refractivity contribution in [2.24, 2.45) is 0 Å². The maximum Gasteiger partial charge on any atom is 0.0332 e. The summed E-state index contributed by atoms with van der Waals surface area (Å²) >= 11 is 3.51.